The highest BCUT2D eigenvalue weighted by atomic mass is 32.1. The average molecular weight is 267 g/mol. The van der Waals surface area contributed by atoms with Crippen LogP contribution in [0.25, 0.3) is 5.00 Å². The Morgan fingerprint density at radius 1 is 1.22 bits per heavy atom. The number of rotatable bonds is 2. The predicted octanol–water partition coefficient (Wildman–Crippen LogP) is 0.102. The van der Waals surface area contributed by atoms with Crippen LogP contribution in [0.15, 0.2) is 9.59 Å². The molecule has 1 aliphatic carbocycles. The van der Waals surface area contributed by atoms with E-state index in [-0.39, 0.29) is 10.6 Å². The Bertz CT molecular complexity index is 720. The van der Waals surface area contributed by atoms with Gasteiger partial charge in [-0.25, -0.2) is 29.1 Å². The molecule has 0 radical (unpaired) electrons. The number of carboxylic acids is 1. The Morgan fingerprint density at radius 2 is 1.89 bits per heavy atom. The van der Waals surface area contributed by atoms with Gasteiger partial charge in [0.2, 0.25) is 0 Å². The molecule has 2 aromatic heterocycles. The molecule has 3 N–H and O–H groups in total. The zero-order valence-corrected chi connectivity index (χ0v) is 9.97. The molecule has 3 rings (SSSR count). The van der Waals surface area contributed by atoms with E-state index in [4.69, 9.17) is 0 Å². The lowest BCUT2D eigenvalue weighted by molar-refractivity contribution is 0.0696. The molecular formula is C10H9N3O4S. The Morgan fingerprint density at radius 3 is 2.50 bits per heavy atom. The molecule has 8 heteroatoms. The molecule has 0 bridgehead atoms. The van der Waals surface area contributed by atoms with E-state index in [9.17, 15) is 19.5 Å². The number of carboxylic acid groups (broad SMARTS) is 1. The van der Waals surface area contributed by atoms with Crippen molar-refractivity contribution in [2.75, 3.05) is 0 Å². The van der Waals surface area contributed by atoms with Gasteiger partial charge in [-0.2, -0.15) is 0 Å². The van der Waals surface area contributed by atoms with Gasteiger partial charge in [0.1, 0.15) is 5.00 Å². The first-order valence-electron chi connectivity index (χ1n) is 5.37. The van der Waals surface area contributed by atoms with Crippen LogP contribution in [-0.2, 0) is 12.8 Å². The van der Waals surface area contributed by atoms with Crippen molar-refractivity contribution in [1.29, 1.82) is 0 Å². The van der Waals surface area contributed by atoms with E-state index in [0.29, 0.717) is 6.42 Å². The molecule has 1 aliphatic rings. The summed E-state index contributed by atoms with van der Waals surface area (Å²) in [6.07, 6.45) is 2.40. The Kier molecular flexibility index (Phi) is 2.27. The van der Waals surface area contributed by atoms with Gasteiger partial charge in [0.15, 0.2) is 0 Å². The van der Waals surface area contributed by atoms with Crippen molar-refractivity contribution in [3.05, 3.63) is 37.0 Å². The number of aromatic nitrogens is 3. The summed E-state index contributed by atoms with van der Waals surface area (Å²) in [4.78, 5) is 35.3. The molecule has 2 heterocycles. The number of nitrogens with one attached hydrogen (secondary N) is 2. The van der Waals surface area contributed by atoms with Gasteiger partial charge in [0, 0.05) is 4.88 Å². The summed E-state index contributed by atoms with van der Waals surface area (Å²) in [6, 6.07) is 0. The Labute approximate surface area is 104 Å². The van der Waals surface area contributed by atoms with Crippen LogP contribution in [0.3, 0.4) is 0 Å². The van der Waals surface area contributed by atoms with Crippen LogP contribution in [0.1, 0.15) is 27.2 Å². The second kappa shape index (κ2) is 3.70. The number of nitrogens with zero attached hydrogens (tertiary/aromatic N) is 1. The van der Waals surface area contributed by atoms with Gasteiger partial charge < -0.3 is 5.11 Å². The maximum Gasteiger partial charge on any atom is 0.349 e. The van der Waals surface area contributed by atoms with Crippen LogP contribution < -0.4 is 11.4 Å². The Balaban J connectivity index is 2.35. The fourth-order valence-electron chi connectivity index (χ4n) is 2.26. The molecule has 0 saturated heterocycles. The minimum absolute atomic E-state index is 0.0831. The first-order chi connectivity index (χ1) is 8.59. The SMILES string of the molecule is O=C(O)c1c(-n2c(=O)[nH][nH]c2=O)sc2c1CCC2. The highest BCUT2D eigenvalue weighted by Gasteiger charge is 2.28. The molecule has 2 aromatic rings. The minimum atomic E-state index is -1.10. The summed E-state index contributed by atoms with van der Waals surface area (Å²) in [5.41, 5.74) is -0.459. The van der Waals surface area contributed by atoms with Crippen LogP contribution in [0.5, 0.6) is 0 Å². The third-order valence-electron chi connectivity index (χ3n) is 3.00. The number of aryl methyl sites for hydroxylation is 1. The molecule has 0 spiro atoms. The quantitative estimate of drug-likeness (QED) is 0.717. The van der Waals surface area contributed by atoms with Crippen molar-refractivity contribution in [3.63, 3.8) is 0 Å². The molecule has 94 valence electrons. The first kappa shape index (κ1) is 11.0. The van der Waals surface area contributed by atoms with E-state index in [1.165, 1.54) is 11.3 Å². The standard InChI is InChI=1S/C10H9N3O4S/c14-8(15)6-4-2-1-3-5(4)18-7(6)13-9(16)11-12-10(13)17/h1-3H2,(H,11,16)(H,12,17)(H,14,15). The number of hydrogen-bond acceptors (Lipinski definition) is 4. The topological polar surface area (TPSA) is 108 Å². The molecule has 0 atom stereocenters. The number of thiophene rings is 1. The number of H-pyrrole nitrogens is 2. The second-order valence-electron chi connectivity index (χ2n) is 4.04. The summed E-state index contributed by atoms with van der Waals surface area (Å²) in [5, 5.41) is 13.8. The van der Waals surface area contributed by atoms with Crippen LogP contribution in [0.4, 0.5) is 0 Å². The van der Waals surface area contributed by atoms with Crippen LogP contribution in [0, 0.1) is 0 Å². The molecule has 0 saturated carbocycles. The Hall–Kier alpha value is -2.09. The van der Waals surface area contributed by atoms with Gasteiger partial charge in [-0.15, -0.1) is 11.3 Å². The fraction of sp³-hybridized carbons (Fsp3) is 0.300. The van der Waals surface area contributed by atoms with Crippen molar-refractivity contribution in [2.24, 2.45) is 0 Å². The number of aromatic carboxylic acids is 1. The van der Waals surface area contributed by atoms with E-state index in [2.05, 4.69) is 10.2 Å². The maximum absolute atomic E-state index is 11.5. The zero-order valence-electron chi connectivity index (χ0n) is 9.15. The molecular weight excluding hydrogens is 258 g/mol. The van der Waals surface area contributed by atoms with E-state index in [0.717, 1.165) is 27.8 Å². The zero-order chi connectivity index (χ0) is 12.9. The fourth-order valence-corrected chi connectivity index (χ4v) is 3.64. The molecule has 7 nitrogen and oxygen atoms in total. The lowest BCUT2D eigenvalue weighted by Gasteiger charge is -1.99. The highest BCUT2D eigenvalue weighted by molar-refractivity contribution is 7.15. The van der Waals surface area contributed by atoms with Crippen molar-refractivity contribution in [1.82, 2.24) is 14.8 Å². The normalized spacial score (nSPS) is 13.8. The molecule has 0 amide bonds. The molecule has 0 aromatic carbocycles. The van der Waals surface area contributed by atoms with Gasteiger partial charge in [-0.05, 0) is 24.8 Å². The summed E-state index contributed by atoms with van der Waals surface area (Å²) in [5.74, 6) is -1.10. The largest absolute Gasteiger partial charge is 0.478 e. The summed E-state index contributed by atoms with van der Waals surface area (Å²) in [6.45, 7) is 0. The molecule has 0 fully saturated rings. The minimum Gasteiger partial charge on any atom is -0.478 e. The van der Waals surface area contributed by atoms with Crippen molar-refractivity contribution < 1.29 is 9.90 Å². The third kappa shape index (κ3) is 1.39. The number of carbonyl (C=O) groups is 1. The summed E-state index contributed by atoms with van der Waals surface area (Å²) in [7, 11) is 0. The van der Waals surface area contributed by atoms with Gasteiger partial charge >= 0.3 is 17.3 Å². The van der Waals surface area contributed by atoms with Gasteiger partial charge in [0.25, 0.3) is 0 Å². The summed E-state index contributed by atoms with van der Waals surface area (Å²) >= 11 is 1.21. The smallest absolute Gasteiger partial charge is 0.349 e. The van der Waals surface area contributed by atoms with E-state index >= 15 is 0 Å². The summed E-state index contributed by atoms with van der Waals surface area (Å²) < 4.78 is 0.840. The second-order valence-corrected chi connectivity index (χ2v) is 5.12. The molecule has 18 heavy (non-hydrogen) atoms. The average Bonchev–Trinajstić information content (AvgIpc) is 2.92. The monoisotopic (exact) mass is 267 g/mol. The lowest BCUT2D eigenvalue weighted by atomic mass is 10.1. The van der Waals surface area contributed by atoms with Gasteiger partial charge in [-0.1, -0.05) is 0 Å². The maximum atomic E-state index is 11.5. The highest BCUT2D eigenvalue weighted by Crippen LogP contribution is 2.36. The van der Waals surface area contributed by atoms with Crippen molar-refractivity contribution in [2.45, 2.75) is 19.3 Å². The van der Waals surface area contributed by atoms with Gasteiger partial charge in [0.05, 0.1) is 5.56 Å². The van der Waals surface area contributed by atoms with Crippen LogP contribution >= 0.6 is 11.3 Å². The van der Waals surface area contributed by atoms with Gasteiger partial charge in [-0.3, -0.25) is 0 Å². The number of fused-ring (bicyclic) bond motifs is 1. The molecule has 0 unspecified atom stereocenters. The lowest BCUT2D eigenvalue weighted by Crippen LogP contribution is -2.25. The number of hydrogen-bond donors (Lipinski definition) is 3. The number of aromatic amines is 2. The predicted molar refractivity (Wildman–Crippen MR) is 63.9 cm³/mol. The van der Waals surface area contributed by atoms with Crippen molar-refractivity contribution in [3.8, 4) is 5.00 Å². The van der Waals surface area contributed by atoms with Crippen molar-refractivity contribution >= 4 is 17.3 Å². The third-order valence-corrected chi connectivity index (χ3v) is 4.28. The van der Waals surface area contributed by atoms with Crippen LogP contribution in [0.2, 0.25) is 0 Å². The van der Waals surface area contributed by atoms with Crippen LogP contribution in [-0.4, -0.2) is 25.8 Å². The van der Waals surface area contributed by atoms with E-state index in [1.54, 1.807) is 0 Å². The van der Waals surface area contributed by atoms with E-state index < -0.39 is 17.3 Å². The molecule has 0 aliphatic heterocycles. The van der Waals surface area contributed by atoms with E-state index in [1.807, 2.05) is 0 Å². The first-order valence-corrected chi connectivity index (χ1v) is 6.19.